The lowest BCUT2D eigenvalue weighted by Gasteiger charge is -2.32. The van der Waals surface area contributed by atoms with Crippen LogP contribution in [0.3, 0.4) is 0 Å². The minimum atomic E-state index is -3.56. The molecule has 8 rings (SSSR count). The summed E-state index contributed by atoms with van der Waals surface area (Å²) in [7, 11) is -7.13. The third-order valence-electron chi connectivity index (χ3n) is 10.0. The van der Waals surface area contributed by atoms with Crippen LogP contribution < -0.4 is 19.3 Å². The zero-order valence-corrected chi connectivity index (χ0v) is 37.3. The number of halogens is 2. The number of anilines is 2. The first-order valence-corrected chi connectivity index (χ1v) is 23.6. The van der Waals surface area contributed by atoms with E-state index in [0.29, 0.717) is 124 Å². The fourth-order valence-corrected chi connectivity index (χ4v) is 9.84. The van der Waals surface area contributed by atoms with E-state index in [-0.39, 0.29) is 9.79 Å². The lowest BCUT2D eigenvalue weighted by Crippen LogP contribution is -2.48. The van der Waals surface area contributed by atoms with Gasteiger partial charge in [-0.1, -0.05) is 57.8 Å². The molecule has 20 heteroatoms. The van der Waals surface area contributed by atoms with Gasteiger partial charge in [-0.15, -0.1) is 0 Å². The van der Waals surface area contributed by atoms with Crippen molar-refractivity contribution in [3.8, 4) is 11.5 Å². The summed E-state index contributed by atoms with van der Waals surface area (Å²) in [6.45, 7) is 8.07. The second-order valence-corrected chi connectivity index (χ2v) is 18.9. The normalized spacial score (nSPS) is 15.2. The predicted octanol–water partition coefficient (Wildman–Crippen LogP) is 6.45. The Morgan fingerprint density at radius 2 is 0.855 bits per heavy atom. The van der Waals surface area contributed by atoms with Gasteiger partial charge in [0.15, 0.2) is 11.6 Å². The highest BCUT2D eigenvalue weighted by molar-refractivity contribution is 7.89. The highest BCUT2D eigenvalue weighted by Gasteiger charge is 2.32. The van der Waals surface area contributed by atoms with Crippen molar-refractivity contribution in [1.82, 2.24) is 28.9 Å². The molecule has 328 valence electrons. The molecule has 16 nitrogen and oxygen atoms in total. The number of sulfonamides is 2. The van der Waals surface area contributed by atoms with Crippen LogP contribution in [0, 0.1) is 0 Å². The molecule has 2 aliphatic heterocycles. The van der Waals surface area contributed by atoms with Gasteiger partial charge < -0.3 is 28.3 Å². The second kappa shape index (κ2) is 20.3. The van der Waals surface area contributed by atoms with Crippen LogP contribution in [0.25, 0.3) is 0 Å². The van der Waals surface area contributed by atoms with Gasteiger partial charge in [0.2, 0.25) is 20.0 Å². The van der Waals surface area contributed by atoms with Crippen molar-refractivity contribution in [2.75, 3.05) is 75.4 Å². The summed E-state index contributed by atoms with van der Waals surface area (Å²) in [6, 6.07) is 28.8. The topological polar surface area (TPSA) is 178 Å². The third-order valence-corrected chi connectivity index (χ3v) is 14.4. The van der Waals surface area contributed by atoms with Gasteiger partial charge in [0, 0.05) is 75.2 Å². The molecule has 62 heavy (non-hydrogen) atoms. The van der Waals surface area contributed by atoms with Gasteiger partial charge in [-0.2, -0.15) is 18.6 Å². The van der Waals surface area contributed by atoms with Crippen molar-refractivity contribution in [3.63, 3.8) is 0 Å². The molecule has 0 amide bonds. The molecule has 2 fully saturated rings. The monoisotopic (exact) mass is 924 g/mol. The second-order valence-electron chi connectivity index (χ2n) is 14.2. The van der Waals surface area contributed by atoms with Crippen molar-refractivity contribution >= 4 is 55.3 Å². The smallest absolute Gasteiger partial charge is 0.324 e. The lowest BCUT2D eigenvalue weighted by molar-refractivity contribution is 0.339. The third kappa shape index (κ3) is 11.2. The molecule has 0 atom stereocenters. The Balaban J connectivity index is 0.000000186. The maximum Gasteiger partial charge on any atom is 0.324 e. The van der Waals surface area contributed by atoms with Gasteiger partial charge in [-0.25, -0.2) is 16.8 Å². The molecule has 0 unspecified atom stereocenters. The fraction of sp³-hybridized carbons (Fsp3) is 0.333. The number of nitrogens with zero attached hydrogens (tertiary/aromatic N) is 8. The zero-order valence-electron chi connectivity index (χ0n) is 34.1. The van der Waals surface area contributed by atoms with Gasteiger partial charge >= 0.3 is 12.0 Å². The molecule has 0 N–H and O–H groups in total. The molecule has 4 heterocycles. The molecule has 2 aliphatic rings. The standard InChI is InChI=1S/2C21H23ClN4O4S/c2*1-2-29-18-7-9-19(10-8-18)31(27,28)26-13-11-25(12-14-26)21-23-20(24-30-21)15-16-3-5-17(22)6-4-16/h2*3-10H,2,11-15H2,1H3. The molecule has 0 bridgehead atoms. The fourth-order valence-electron chi connectivity index (χ4n) is 6.75. The molecule has 0 aliphatic carbocycles. The Kier molecular flexibility index (Phi) is 14.7. The average molecular weight is 926 g/mol. The molecule has 2 saturated heterocycles. The first kappa shape index (κ1) is 44.8. The molecule has 0 radical (unpaired) electrons. The van der Waals surface area contributed by atoms with Crippen molar-refractivity contribution in [1.29, 1.82) is 0 Å². The highest BCUT2D eigenvalue weighted by atomic mass is 35.5. The number of hydrogen-bond donors (Lipinski definition) is 0. The van der Waals surface area contributed by atoms with E-state index in [9.17, 15) is 16.8 Å². The summed E-state index contributed by atoms with van der Waals surface area (Å²) in [5, 5.41) is 9.44. The van der Waals surface area contributed by atoms with Gasteiger partial charge in [0.25, 0.3) is 0 Å². The van der Waals surface area contributed by atoms with E-state index in [1.54, 1.807) is 48.5 Å². The van der Waals surface area contributed by atoms with Crippen LogP contribution in [0.15, 0.2) is 116 Å². The van der Waals surface area contributed by atoms with E-state index >= 15 is 0 Å². The quantitative estimate of drug-likeness (QED) is 0.117. The van der Waals surface area contributed by atoms with Crippen LogP contribution in [0.1, 0.15) is 36.6 Å². The summed E-state index contributed by atoms with van der Waals surface area (Å²) >= 11 is 11.8. The van der Waals surface area contributed by atoms with Gasteiger partial charge in [-0.05, 0) is 97.8 Å². The number of piperazine rings is 2. The number of ether oxygens (including phenoxy) is 2. The van der Waals surface area contributed by atoms with Crippen LogP contribution in [0.2, 0.25) is 10.0 Å². The molecular formula is C42H46Cl2N8O8S2. The number of benzene rings is 4. The molecule has 4 aromatic carbocycles. The van der Waals surface area contributed by atoms with E-state index in [2.05, 4.69) is 20.3 Å². The van der Waals surface area contributed by atoms with E-state index in [1.165, 1.54) is 8.61 Å². The highest BCUT2D eigenvalue weighted by Crippen LogP contribution is 2.25. The Hall–Kier alpha value is -5.24. The Bertz CT molecular complexity index is 2400. The summed E-state index contributed by atoms with van der Waals surface area (Å²) in [5.41, 5.74) is 2.06. The molecule has 0 spiro atoms. The molecule has 0 saturated carbocycles. The van der Waals surface area contributed by atoms with Gasteiger partial charge in [-0.3, -0.25) is 0 Å². The Morgan fingerprint density at radius 1 is 0.516 bits per heavy atom. The minimum absolute atomic E-state index is 0.257. The summed E-state index contributed by atoms with van der Waals surface area (Å²) in [6.07, 6.45) is 1.07. The largest absolute Gasteiger partial charge is 0.494 e. The van der Waals surface area contributed by atoms with E-state index in [0.717, 1.165) is 11.1 Å². The van der Waals surface area contributed by atoms with Crippen LogP contribution in [-0.4, -0.2) is 111 Å². The maximum atomic E-state index is 12.9. The number of rotatable bonds is 14. The molecular weight excluding hydrogens is 880 g/mol. The van der Waals surface area contributed by atoms with Crippen molar-refractivity contribution in [2.45, 2.75) is 36.5 Å². The summed E-state index contributed by atoms with van der Waals surface area (Å²) < 4.78 is 76.3. The van der Waals surface area contributed by atoms with Crippen LogP contribution in [0.4, 0.5) is 12.0 Å². The lowest BCUT2D eigenvalue weighted by atomic mass is 10.1. The first-order valence-electron chi connectivity index (χ1n) is 20.0. The molecule has 2 aromatic heterocycles. The van der Waals surface area contributed by atoms with E-state index < -0.39 is 20.0 Å². The van der Waals surface area contributed by atoms with Crippen LogP contribution in [0.5, 0.6) is 11.5 Å². The van der Waals surface area contributed by atoms with Crippen molar-refractivity contribution < 1.29 is 35.4 Å². The van der Waals surface area contributed by atoms with Gasteiger partial charge in [0.1, 0.15) is 11.5 Å². The SMILES string of the molecule is CCOc1ccc(S(=O)(=O)N2CCN(c3nc(Cc4ccc(Cl)cc4)no3)CC2)cc1.CCOc1ccc(S(=O)(=O)N2CCN(c3nc(Cc4ccc(Cl)cc4)no3)CC2)cc1. The Labute approximate surface area is 371 Å². The predicted molar refractivity (Wildman–Crippen MR) is 234 cm³/mol. The molecule has 6 aromatic rings. The van der Waals surface area contributed by atoms with Gasteiger partial charge in [0.05, 0.1) is 23.0 Å². The summed E-state index contributed by atoms with van der Waals surface area (Å²) in [5.74, 6) is 2.44. The van der Waals surface area contributed by atoms with Crippen LogP contribution in [-0.2, 0) is 32.9 Å². The maximum absolute atomic E-state index is 12.9. The zero-order chi connectivity index (χ0) is 43.7. The Morgan fingerprint density at radius 3 is 1.18 bits per heavy atom. The van der Waals surface area contributed by atoms with Crippen LogP contribution >= 0.6 is 23.2 Å². The first-order chi connectivity index (χ1) is 29.9. The number of hydrogen-bond acceptors (Lipinski definition) is 14. The van der Waals surface area contributed by atoms with E-state index in [1.807, 2.05) is 72.2 Å². The minimum Gasteiger partial charge on any atom is -0.494 e. The van der Waals surface area contributed by atoms with E-state index in [4.69, 9.17) is 41.7 Å². The van der Waals surface area contributed by atoms with Crippen molar-refractivity contribution in [2.24, 2.45) is 0 Å². The van der Waals surface area contributed by atoms with Crippen molar-refractivity contribution in [3.05, 3.63) is 130 Å². The summed E-state index contributed by atoms with van der Waals surface area (Å²) in [4.78, 5) is 13.2. The number of aromatic nitrogens is 4. The average Bonchev–Trinajstić information content (AvgIpc) is 3.96.